The Bertz CT molecular complexity index is 531. The third-order valence-corrected chi connectivity index (χ3v) is 4.26. The van der Waals surface area contributed by atoms with Crippen LogP contribution in [-0.4, -0.2) is 29.2 Å². The summed E-state index contributed by atoms with van der Waals surface area (Å²) < 4.78 is 14.0. The Morgan fingerprint density at radius 1 is 1.37 bits per heavy atom. The van der Waals surface area contributed by atoms with Crippen LogP contribution in [0.4, 0.5) is 4.39 Å². The summed E-state index contributed by atoms with van der Waals surface area (Å²) in [7, 11) is 0. The van der Waals surface area contributed by atoms with Gasteiger partial charge in [0.1, 0.15) is 12.4 Å². The van der Waals surface area contributed by atoms with E-state index in [1.165, 1.54) is 25.3 Å². The summed E-state index contributed by atoms with van der Waals surface area (Å²) in [4.78, 5) is 2.41. The third kappa shape index (κ3) is 2.65. The highest BCUT2D eigenvalue weighted by Crippen LogP contribution is 2.38. The molecular formula is C16H18FNO. The van der Waals surface area contributed by atoms with Gasteiger partial charge >= 0.3 is 0 Å². The Morgan fingerprint density at radius 2 is 2.26 bits per heavy atom. The Morgan fingerprint density at radius 3 is 2.89 bits per heavy atom. The minimum atomic E-state index is -0.194. The van der Waals surface area contributed by atoms with E-state index in [9.17, 15) is 4.39 Å². The van der Waals surface area contributed by atoms with Crippen molar-refractivity contribution in [2.24, 2.45) is 5.92 Å². The summed E-state index contributed by atoms with van der Waals surface area (Å²) >= 11 is 0. The maximum atomic E-state index is 14.0. The summed E-state index contributed by atoms with van der Waals surface area (Å²) in [6, 6.07) is 5.78. The molecule has 1 aliphatic carbocycles. The van der Waals surface area contributed by atoms with Crippen molar-refractivity contribution in [3.8, 4) is 11.8 Å². The van der Waals surface area contributed by atoms with Gasteiger partial charge < -0.3 is 5.11 Å². The number of halogens is 1. The van der Waals surface area contributed by atoms with Gasteiger partial charge in [-0.05, 0) is 37.3 Å². The van der Waals surface area contributed by atoms with Crippen molar-refractivity contribution >= 4 is 0 Å². The van der Waals surface area contributed by atoms with Crippen molar-refractivity contribution in [1.82, 2.24) is 4.90 Å². The molecule has 1 aromatic rings. The van der Waals surface area contributed by atoms with Crippen LogP contribution in [0.15, 0.2) is 18.2 Å². The molecule has 0 aromatic heterocycles. The van der Waals surface area contributed by atoms with Crippen LogP contribution in [0.2, 0.25) is 0 Å². The van der Waals surface area contributed by atoms with Crippen molar-refractivity contribution in [3.05, 3.63) is 35.1 Å². The number of likely N-dealkylation sites (tertiary alicyclic amines) is 1. The predicted molar refractivity (Wildman–Crippen MR) is 71.9 cm³/mol. The van der Waals surface area contributed by atoms with Gasteiger partial charge in [0.05, 0.1) is 0 Å². The molecule has 2 atom stereocenters. The van der Waals surface area contributed by atoms with Gasteiger partial charge in [-0.3, -0.25) is 4.90 Å². The van der Waals surface area contributed by atoms with Crippen LogP contribution in [0.25, 0.3) is 0 Å². The molecule has 2 fully saturated rings. The smallest absolute Gasteiger partial charge is 0.128 e. The SMILES string of the molecule is OCC#Cc1ccc(CN2CC3CCC2C3)c(F)c1. The third-order valence-electron chi connectivity index (χ3n) is 4.26. The fourth-order valence-corrected chi connectivity index (χ4v) is 3.33. The molecule has 1 saturated carbocycles. The second kappa shape index (κ2) is 5.32. The number of aliphatic hydroxyl groups is 1. The first-order valence-electron chi connectivity index (χ1n) is 6.88. The first kappa shape index (κ1) is 12.7. The lowest BCUT2D eigenvalue weighted by atomic mass is 10.1. The van der Waals surface area contributed by atoms with Crippen molar-refractivity contribution < 1.29 is 9.50 Å². The molecule has 1 saturated heterocycles. The average molecular weight is 259 g/mol. The zero-order valence-electron chi connectivity index (χ0n) is 10.9. The van der Waals surface area contributed by atoms with Crippen LogP contribution in [0.5, 0.6) is 0 Å². The lowest BCUT2D eigenvalue weighted by Gasteiger charge is -2.26. The zero-order chi connectivity index (χ0) is 13.2. The molecule has 2 unspecified atom stereocenters. The topological polar surface area (TPSA) is 23.5 Å². The highest BCUT2D eigenvalue weighted by atomic mass is 19.1. The number of piperidine rings is 1. The Kier molecular flexibility index (Phi) is 3.54. The van der Waals surface area contributed by atoms with Gasteiger partial charge in [-0.15, -0.1) is 0 Å². The van der Waals surface area contributed by atoms with E-state index in [2.05, 4.69) is 16.7 Å². The van der Waals surface area contributed by atoms with Gasteiger partial charge in [0, 0.05) is 30.3 Å². The second-order valence-corrected chi connectivity index (χ2v) is 5.53. The first-order chi connectivity index (χ1) is 9.26. The van der Waals surface area contributed by atoms with E-state index in [0.717, 1.165) is 18.0 Å². The molecule has 1 aliphatic heterocycles. The van der Waals surface area contributed by atoms with Gasteiger partial charge in [-0.2, -0.15) is 0 Å². The number of fused-ring (bicyclic) bond motifs is 2. The normalized spacial score (nSPS) is 25.4. The summed E-state index contributed by atoms with van der Waals surface area (Å²) in [5, 5.41) is 8.63. The number of benzene rings is 1. The highest BCUT2D eigenvalue weighted by Gasteiger charge is 2.37. The molecule has 3 heteroatoms. The summed E-state index contributed by atoms with van der Waals surface area (Å²) in [6.45, 7) is 1.64. The molecule has 2 nitrogen and oxygen atoms in total. The molecule has 0 spiro atoms. The van der Waals surface area contributed by atoms with Crippen LogP contribution in [-0.2, 0) is 6.54 Å². The molecule has 1 N–H and O–H groups in total. The molecule has 1 aromatic carbocycles. The van der Waals surface area contributed by atoms with Gasteiger partial charge in [-0.25, -0.2) is 4.39 Å². The van der Waals surface area contributed by atoms with Gasteiger partial charge in [-0.1, -0.05) is 17.9 Å². The van der Waals surface area contributed by atoms with E-state index in [1.54, 1.807) is 0 Å². The minimum absolute atomic E-state index is 0.187. The number of rotatable bonds is 2. The molecular weight excluding hydrogens is 241 g/mol. The highest BCUT2D eigenvalue weighted by molar-refractivity contribution is 5.37. The molecule has 100 valence electrons. The predicted octanol–water partition coefficient (Wildman–Crippen LogP) is 2.15. The van der Waals surface area contributed by atoms with Crippen LogP contribution in [0.3, 0.4) is 0 Å². The van der Waals surface area contributed by atoms with Crippen molar-refractivity contribution in [2.45, 2.75) is 31.8 Å². The van der Waals surface area contributed by atoms with E-state index in [1.807, 2.05) is 12.1 Å². The summed E-state index contributed by atoms with van der Waals surface area (Å²) in [5.74, 6) is 5.91. The molecule has 2 aliphatic rings. The number of nitrogens with zero attached hydrogens (tertiary/aromatic N) is 1. The molecule has 3 rings (SSSR count). The largest absolute Gasteiger partial charge is 0.384 e. The van der Waals surface area contributed by atoms with E-state index < -0.39 is 0 Å². The monoisotopic (exact) mass is 259 g/mol. The standard InChI is InChI=1S/C16H18FNO/c17-16-9-12(2-1-7-19)3-5-14(16)11-18-10-13-4-6-15(18)8-13/h3,5,9,13,15,19H,4,6-8,10-11H2. The zero-order valence-corrected chi connectivity index (χ0v) is 10.9. The number of aliphatic hydroxyl groups excluding tert-OH is 1. The fourth-order valence-electron chi connectivity index (χ4n) is 3.33. The molecule has 1 heterocycles. The maximum absolute atomic E-state index is 14.0. The number of hydrogen-bond donors (Lipinski definition) is 1. The minimum Gasteiger partial charge on any atom is -0.384 e. The second-order valence-electron chi connectivity index (χ2n) is 5.53. The van der Waals surface area contributed by atoms with Gasteiger partial charge in [0.25, 0.3) is 0 Å². The maximum Gasteiger partial charge on any atom is 0.128 e. The Balaban J connectivity index is 1.71. The van der Waals surface area contributed by atoms with Crippen molar-refractivity contribution in [2.75, 3.05) is 13.2 Å². The number of hydrogen-bond acceptors (Lipinski definition) is 2. The fraction of sp³-hybridized carbons (Fsp3) is 0.500. The van der Waals surface area contributed by atoms with E-state index in [-0.39, 0.29) is 12.4 Å². The van der Waals surface area contributed by atoms with E-state index in [0.29, 0.717) is 18.2 Å². The van der Waals surface area contributed by atoms with Crippen LogP contribution in [0, 0.1) is 23.6 Å². The van der Waals surface area contributed by atoms with Crippen molar-refractivity contribution in [1.29, 1.82) is 0 Å². The summed E-state index contributed by atoms with van der Waals surface area (Å²) in [6.07, 6.45) is 3.91. The Hall–Kier alpha value is -1.37. The summed E-state index contributed by atoms with van der Waals surface area (Å²) in [5.41, 5.74) is 1.38. The first-order valence-corrected chi connectivity index (χ1v) is 6.88. The van der Waals surface area contributed by atoms with Gasteiger partial charge in [0.15, 0.2) is 0 Å². The molecule has 0 amide bonds. The van der Waals surface area contributed by atoms with Crippen LogP contribution >= 0.6 is 0 Å². The van der Waals surface area contributed by atoms with E-state index >= 15 is 0 Å². The van der Waals surface area contributed by atoms with E-state index in [4.69, 9.17) is 5.11 Å². The van der Waals surface area contributed by atoms with Crippen LogP contribution < -0.4 is 0 Å². The molecule has 0 radical (unpaired) electrons. The molecule has 19 heavy (non-hydrogen) atoms. The van der Waals surface area contributed by atoms with Crippen molar-refractivity contribution in [3.63, 3.8) is 0 Å². The van der Waals surface area contributed by atoms with Crippen LogP contribution in [0.1, 0.15) is 30.4 Å². The molecule has 2 bridgehead atoms. The lowest BCUT2D eigenvalue weighted by molar-refractivity contribution is 0.203. The Labute approximate surface area is 113 Å². The lowest BCUT2D eigenvalue weighted by Crippen LogP contribution is -2.31. The quantitative estimate of drug-likeness (QED) is 0.823. The average Bonchev–Trinajstić information content (AvgIpc) is 3.01. The van der Waals surface area contributed by atoms with Gasteiger partial charge in [0.2, 0.25) is 0 Å².